The minimum absolute atomic E-state index is 0.227. The second-order valence-electron chi connectivity index (χ2n) is 4.83. The van der Waals surface area contributed by atoms with Crippen LogP contribution < -0.4 is 10.1 Å². The first kappa shape index (κ1) is 14.7. The predicted molar refractivity (Wildman–Crippen MR) is 85.8 cm³/mol. The van der Waals surface area contributed by atoms with Gasteiger partial charge in [-0.1, -0.05) is 23.7 Å². The van der Waals surface area contributed by atoms with Crippen molar-refractivity contribution < 1.29 is 4.74 Å². The van der Waals surface area contributed by atoms with E-state index in [-0.39, 0.29) is 6.04 Å². The van der Waals surface area contributed by atoms with Crippen molar-refractivity contribution in [3.05, 3.63) is 58.6 Å². The van der Waals surface area contributed by atoms with Crippen molar-refractivity contribution in [2.45, 2.75) is 26.8 Å². The lowest BCUT2D eigenvalue weighted by atomic mass is 10.1. The Morgan fingerprint density at radius 2 is 1.85 bits per heavy atom. The molecule has 2 rings (SSSR count). The molecule has 0 aromatic heterocycles. The van der Waals surface area contributed by atoms with Crippen LogP contribution in [-0.2, 0) is 0 Å². The summed E-state index contributed by atoms with van der Waals surface area (Å²) in [7, 11) is 0. The summed E-state index contributed by atoms with van der Waals surface area (Å²) in [5.74, 6) is 0.908. The normalized spacial score (nSPS) is 12.0. The lowest BCUT2D eigenvalue weighted by molar-refractivity contribution is 0.340. The lowest BCUT2D eigenvalue weighted by Crippen LogP contribution is -2.07. The number of hydrogen-bond acceptors (Lipinski definition) is 2. The van der Waals surface area contributed by atoms with Gasteiger partial charge in [-0.2, -0.15) is 0 Å². The fourth-order valence-corrected chi connectivity index (χ4v) is 2.35. The smallest absolute Gasteiger partial charge is 0.119 e. The van der Waals surface area contributed by atoms with Crippen molar-refractivity contribution in [1.29, 1.82) is 0 Å². The lowest BCUT2D eigenvalue weighted by Gasteiger charge is -2.18. The van der Waals surface area contributed by atoms with E-state index in [0.717, 1.165) is 22.0 Å². The predicted octanol–water partition coefficient (Wildman–Crippen LogP) is 5.22. The molecule has 0 spiro atoms. The highest BCUT2D eigenvalue weighted by molar-refractivity contribution is 6.30. The van der Waals surface area contributed by atoms with E-state index in [1.807, 2.05) is 37.3 Å². The van der Waals surface area contributed by atoms with Crippen molar-refractivity contribution >= 4 is 17.3 Å². The highest BCUT2D eigenvalue weighted by Crippen LogP contribution is 2.25. The maximum Gasteiger partial charge on any atom is 0.119 e. The van der Waals surface area contributed by atoms with Crippen LogP contribution in [0.2, 0.25) is 5.02 Å². The maximum atomic E-state index is 5.98. The number of aryl methyl sites for hydroxylation is 1. The molecule has 1 N–H and O–H groups in total. The van der Waals surface area contributed by atoms with Crippen molar-refractivity contribution in [3.63, 3.8) is 0 Å². The average Bonchev–Trinajstić information content (AvgIpc) is 2.43. The highest BCUT2D eigenvalue weighted by Gasteiger charge is 2.07. The number of benzene rings is 2. The third-order valence-electron chi connectivity index (χ3n) is 3.25. The van der Waals surface area contributed by atoms with Crippen molar-refractivity contribution in [3.8, 4) is 5.75 Å². The molecule has 2 aromatic carbocycles. The molecule has 1 atom stereocenters. The van der Waals surface area contributed by atoms with E-state index in [1.165, 1.54) is 5.56 Å². The van der Waals surface area contributed by atoms with Crippen LogP contribution in [0.3, 0.4) is 0 Å². The van der Waals surface area contributed by atoms with Crippen LogP contribution in [0.5, 0.6) is 5.75 Å². The molecule has 0 heterocycles. The fourth-order valence-electron chi connectivity index (χ4n) is 2.13. The Hall–Kier alpha value is -1.67. The third kappa shape index (κ3) is 3.67. The van der Waals surface area contributed by atoms with E-state index in [2.05, 4.69) is 31.3 Å². The van der Waals surface area contributed by atoms with Crippen LogP contribution in [0, 0.1) is 6.92 Å². The molecular weight excluding hydrogens is 270 g/mol. The van der Waals surface area contributed by atoms with Crippen molar-refractivity contribution in [2.24, 2.45) is 0 Å². The average molecular weight is 290 g/mol. The molecule has 0 aliphatic rings. The SMILES string of the molecule is CCOc1ccc(C(C)Nc2ccc(Cl)cc2C)cc1. The minimum Gasteiger partial charge on any atom is -0.494 e. The van der Waals surface area contributed by atoms with Gasteiger partial charge < -0.3 is 10.1 Å². The van der Waals surface area contributed by atoms with Gasteiger partial charge in [0.05, 0.1) is 6.61 Å². The van der Waals surface area contributed by atoms with Gasteiger partial charge in [-0.3, -0.25) is 0 Å². The molecular formula is C17H20ClNO. The molecule has 20 heavy (non-hydrogen) atoms. The molecule has 2 nitrogen and oxygen atoms in total. The van der Waals surface area contributed by atoms with E-state index >= 15 is 0 Å². The van der Waals surface area contributed by atoms with Crippen LogP contribution in [0.1, 0.15) is 31.0 Å². The van der Waals surface area contributed by atoms with E-state index in [0.29, 0.717) is 6.61 Å². The van der Waals surface area contributed by atoms with Crippen LogP contribution in [0.4, 0.5) is 5.69 Å². The summed E-state index contributed by atoms with van der Waals surface area (Å²) in [6.07, 6.45) is 0. The van der Waals surface area contributed by atoms with Gasteiger partial charge in [0.15, 0.2) is 0 Å². The van der Waals surface area contributed by atoms with E-state index in [1.54, 1.807) is 0 Å². The van der Waals surface area contributed by atoms with Gasteiger partial charge in [0.1, 0.15) is 5.75 Å². The summed E-state index contributed by atoms with van der Waals surface area (Å²) < 4.78 is 5.46. The second-order valence-corrected chi connectivity index (χ2v) is 5.26. The Bertz CT molecular complexity index is 566. The zero-order valence-electron chi connectivity index (χ0n) is 12.1. The first-order chi connectivity index (χ1) is 9.60. The molecule has 1 unspecified atom stereocenters. The van der Waals surface area contributed by atoms with Crippen LogP contribution in [0.25, 0.3) is 0 Å². The molecule has 0 aliphatic heterocycles. The maximum absolute atomic E-state index is 5.98. The number of hydrogen-bond donors (Lipinski definition) is 1. The second kappa shape index (κ2) is 6.67. The van der Waals surface area contributed by atoms with Gasteiger partial charge in [-0.25, -0.2) is 0 Å². The molecule has 0 aliphatic carbocycles. The first-order valence-electron chi connectivity index (χ1n) is 6.85. The summed E-state index contributed by atoms with van der Waals surface area (Å²) in [5.41, 5.74) is 3.48. The number of rotatable bonds is 5. The molecule has 0 saturated heterocycles. The largest absolute Gasteiger partial charge is 0.494 e. The topological polar surface area (TPSA) is 21.3 Å². The Kier molecular flexibility index (Phi) is 4.91. The Morgan fingerprint density at radius 3 is 2.45 bits per heavy atom. The molecule has 106 valence electrons. The molecule has 0 fully saturated rings. The molecule has 0 radical (unpaired) electrons. The Balaban J connectivity index is 2.09. The van der Waals surface area contributed by atoms with E-state index in [9.17, 15) is 0 Å². The molecule has 2 aromatic rings. The van der Waals surface area contributed by atoms with E-state index < -0.39 is 0 Å². The van der Waals surface area contributed by atoms with Gasteiger partial charge in [0, 0.05) is 16.8 Å². The third-order valence-corrected chi connectivity index (χ3v) is 3.49. The first-order valence-corrected chi connectivity index (χ1v) is 7.23. The van der Waals surface area contributed by atoms with Gasteiger partial charge in [0.25, 0.3) is 0 Å². The fraction of sp³-hybridized carbons (Fsp3) is 0.294. The van der Waals surface area contributed by atoms with Crippen LogP contribution in [0.15, 0.2) is 42.5 Å². The standard InChI is InChI=1S/C17H20ClNO/c1-4-20-16-8-5-14(6-9-16)13(3)19-17-10-7-15(18)11-12(17)2/h5-11,13,19H,4H2,1-3H3. The monoisotopic (exact) mass is 289 g/mol. The van der Waals surface area contributed by atoms with Gasteiger partial charge >= 0.3 is 0 Å². The molecule has 0 saturated carbocycles. The number of anilines is 1. The molecule has 0 amide bonds. The minimum atomic E-state index is 0.227. The number of nitrogens with one attached hydrogen (secondary N) is 1. The van der Waals surface area contributed by atoms with Crippen LogP contribution in [-0.4, -0.2) is 6.61 Å². The van der Waals surface area contributed by atoms with Crippen molar-refractivity contribution in [2.75, 3.05) is 11.9 Å². The molecule has 0 bridgehead atoms. The summed E-state index contributed by atoms with van der Waals surface area (Å²) in [6.45, 7) is 6.88. The van der Waals surface area contributed by atoms with E-state index in [4.69, 9.17) is 16.3 Å². The summed E-state index contributed by atoms with van der Waals surface area (Å²) >= 11 is 5.98. The zero-order chi connectivity index (χ0) is 14.5. The summed E-state index contributed by atoms with van der Waals surface area (Å²) in [6, 6.07) is 14.3. The summed E-state index contributed by atoms with van der Waals surface area (Å²) in [4.78, 5) is 0. The molecule has 3 heteroatoms. The van der Waals surface area contributed by atoms with Gasteiger partial charge in [-0.15, -0.1) is 0 Å². The number of halogens is 1. The zero-order valence-corrected chi connectivity index (χ0v) is 12.9. The van der Waals surface area contributed by atoms with Crippen LogP contribution >= 0.6 is 11.6 Å². The quantitative estimate of drug-likeness (QED) is 0.815. The highest BCUT2D eigenvalue weighted by atomic mass is 35.5. The number of ether oxygens (including phenoxy) is 1. The van der Waals surface area contributed by atoms with Crippen molar-refractivity contribution in [1.82, 2.24) is 0 Å². The Labute approximate surface area is 125 Å². The Morgan fingerprint density at radius 1 is 1.15 bits per heavy atom. The van der Waals surface area contributed by atoms with Gasteiger partial charge in [-0.05, 0) is 62.2 Å². The van der Waals surface area contributed by atoms with Gasteiger partial charge in [0.2, 0.25) is 0 Å². The summed E-state index contributed by atoms with van der Waals surface area (Å²) in [5, 5.41) is 4.27.